The Morgan fingerprint density at radius 3 is 2.28 bits per heavy atom. The van der Waals surface area contributed by atoms with Crippen LogP contribution in [-0.2, 0) is 5.41 Å². The zero-order valence-corrected chi connectivity index (χ0v) is 31.8. The second kappa shape index (κ2) is 12.7. The molecule has 0 unspecified atom stereocenters. The minimum absolute atomic E-state index is 0.230. The Balaban J connectivity index is 1.28. The van der Waals surface area contributed by atoms with Gasteiger partial charge in [-0.15, -0.1) is 11.3 Å². The molecule has 258 valence electrons. The third-order valence-electron chi connectivity index (χ3n) is 10.9. The molecule has 0 radical (unpaired) electrons. The van der Waals surface area contributed by atoms with Crippen LogP contribution in [-0.4, -0.2) is 14.5 Å². The van der Waals surface area contributed by atoms with Gasteiger partial charge in [-0.05, 0) is 110 Å². The van der Waals surface area contributed by atoms with Crippen molar-refractivity contribution in [3.63, 3.8) is 0 Å². The number of thiophene rings is 1. The molecule has 0 saturated carbocycles. The quantitative estimate of drug-likeness (QED) is 0.161. The molecule has 3 aromatic heterocycles. The van der Waals surface area contributed by atoms with E-state index in [0.717, 1.165) is 39.1 Å². The summed E-state index contributed by atoms with van der Waals surface area (Å²) in [5.41, 5.74) is 14.9. The van der Waals surface area contributed by atoms with Crippen molar-refractivity contribution in [2.24, 2.45) is 0 Å². The van der Waals surface area contributed by atoms with Gasteiger partial charge in [0.05, 0.1) is 32.6 Å². The number of benzene rings is 5. The average molecular weight is 704 g/mol. The molecular weight excluding hydrogens is 663 g/mol. The van der Waals surface area contributed by atoms with Gasteiger partial charge in [0.1, 0.15) is 0 Å². The topological polar surface area (TPSA) is 30.7 Å². The van der Waals surface area contributed by atoms with Crippen LogP contribution in [0.15, 0.2) is 140 Å². The normalized spacial score (nSPS) is 14.5. The van der Waals surface area contributed by atoms with Crippen molar-refractivity contribution in [3.05, 3.63) is 162 Å². The van der Waals surface area contributed by atoms with Gasteiger partial charge in [-0.1, -0.05) is 105 Å². The maximum atomic E-state index is 5.44. The minimum Gasteiger partial charge on any atom is -0.307 e. The Hall–Kier alpha value is -5.84. The van der Waals surface area contributed by atoms with Crippen molar-refractivity contribution in [2.45, 2.75) is 47.0 Å². The van der Waals surface area contributed by atoms with Gasteiger partial charge in [0, 0.05) is 37.4 Å². The summed E-state index contributed by atoms with van der Waals surface area (Å²) in [7, 11) is 0. The number of para-hydroxylation sites is 2. The summed E-state index contributed by atoms with van der Waals surface area (Å²) >= 11 is 1.90. The number of hydrogen-bond donors (Lipinski definition) is 0. The summed E-state index contributed by atoms with van der Waals surface area (Å²) in [5, 5.41) is 3.67. The van der Waals surface area contributed by atoms with E-state index in [9.17, 15) is 0 Å². The van der Waals surface area contributed by atoms with Gasteiger partial charge >= 0.3 is 0 Å². The molecule has 53 heavy (non-hydrogen) atoms. The fourth-order valence-electron chi connectivity index (χ4n) is 8.24. The van der Waals surface area contributed by atoms with Gasteiger partial charge in [-0.2, -0.15) is 0 Å². The Morgan fingerprint density at radius 2 is 1.47 bits per heavy atom. The van der Waals surface area contributed by atoms with E-state index in [-0.39, 0.29) is 5.41 Å². The molecule has 1 aliphatic heterocycles. The molecule has 0 amide bonds. The highest BCUT2D eigenvalue weighted by Gasteiger charge is 2.36. The molecule has 0 bridgehead atoms. The van der Waals surface area contributed by atoms with Crippen LogP contribution in [0.5, 0.6) is 0 Å². The minimum atomic E-state index is -0.230. The van der Waals surface area contributed by atoms with Gasteiger partial charge in [-0.25, -0.2) is 9.97 Å². The highest BCUT2D eigenvalue weighted by molar-refractivity contribution is 7.26. The van der Waals surface area contributed by atoms with Gasteiger partial charge in [0.25, 0.3) is 0 Å². The van der Waals surface area contributed by atoms with Crippen LogP contribution in [0.2, 0.25) is 0 Å². The lowest BCUT2D eigenvalue weighted by Crippen LogP contribution is -2.26. The third-order valence-corrected chi connectivity index (χ3v) is 12.1. The molecule has 0 atom stereocenters. The van der Waals surface area contributed by atoms with Crippen molar-refractivity contribution in [1.29, 1.82) is 0 Å². The van der Waals surface area contributed by atoms with Gasteiger partial charge in [0.2, 0.25) is 0 Å². The highest BCUT2D eigenvalue weighted by atomic mass is 32.1. The number of rotatable bonds is 6. The van der Waals surface area contributed by atoms with E-state index in [1.165, 1.54) is 64.7 Å². The van der Waals surface area contributed by atoms with Crippen LogP contribution in [0.1, 0.15) is 63.8 Å². The fraction of sp³-hybridized carbons (Fsp3) is 0.143. The van der Waals surface area contributed by atoms with E-state index in [2.05, 4.69) is 186 Å². The van der Waals surface area contributed by atoms with E-state index in [1.54, 1.807) is 0 Å². The van der Waals surface area contributed by atoms with Crippen LogP contribution >= 0.6 is 11.3 Å². The van der Waals surface area contributed by atoms with E-state index < -0.39 is 0 Å². The van der Waals surface area contributed by atoms with Crippen LogP contribution in [0.4, 0.5) is 0 Å². The molecule has 0 spiro atoms. The van der Waals surface area contributed by atoms with Crippen molar-refractivity contribution < 1.29 is 0 Å². The molecular formula is C49H41N3S. The molecule has 0 N–H and O–H groups in total. The summed E-state index contributed by atoms with van der Waals surface area (Å²) in [6, 6.07) is 37.8. The van der Waals surface area contributed by atoms with Crippen molar-refractivity contribution in [2.75, 3.05) is 0 Å². The van der Waals surface area contributed by atoms with Crippen LogP contribution in [0.25, 0.3) is 81.6 Å². The zero-order chi connectivity index (χ0) is 36.4. The maximum absolute atomic E-state index is 5.44. The Bertz CT molecular complexity index is 2910. The van der Waals surface area contributed by atoms with Crippen molar-refractivity contribution in [1.82, 2.24) is 14.5 Å². The molecule has 4 heteroatoms. The largest absolute Gasteiger partial charge is 0.307 e. The SMILES string of the molecule is C/C=C\C=C(/C)c1cc(C(/C=C\C)=C/C)cc(-c2nc(-c3ccc4c(c3)C(C)(C)c3cccc5c6sc7ccccc7c6n-4c35)nc3ccccc23)c1. The number of nitrogens with zero attached hydrogens (tertiary/aromatic N) is 3. The third kappa shape index (κ3) is 5.15. The van der Waals surface area contributed by atoms with Crippen LogP contribution in [0.3, 0.4) is 0 Å². The van der Waals surface area contributed by atoms with E-state index in [0.29, 0.717) is 0 Å². The molecule has 5 aromatic carbocycles. The Kier molecular flexibility index (Phi) is 7.90. The molecule has 0 saturated heterocycles. The summed E-state index contributed by atoms with van der Waals surface area (Å²) in [6.07, 6.45) is 12.8. The average Bonchev–Trinajstić information content (AvgIpc) is 3.72. The Morgan fingerprint density at radius 1 is 0.698 bits per heavy atom. The van der Waals surface area contributed by atoms with E-state index in [4.69, 9.17) is 9.97 Å². The first-order valence-corrected chi connectivity index (χ1v) is 19.3. The smallest absolute Gasteiger partial charge is 0.160 e. The Labute approximate surface area is 315 Å². The van der Waals surface area contributed by atoms with Crippen LogP contribution < -0.4 is 0 Å². The summed E-state index contributed by atoms with van der Waals surface area (Å²) in [4.78, 5) is 10.7. The summed E-state index contributed by atoms with van der Waals surface area (Å²) in [5.74, 6) is 0.729. The fourth-order valence-corrected chi connectivity index (χ4v) is 9.45. The van der Waals surface area contributed by atoms with Crippen molar-refractivity contribution in [3.8, 4) is 28.3 Å². The molecule has 9 rings (SSSR count). The summed E-state index contributed by atoms with van der Waals surface area (Å²) in [6.45, 7) is 13.1. The van der Waals surface area contributed by atoms with Crippen molar-refractivity contribution >= 4 is 64.6 Å². The predicted octanol–water partition coefficient (Wildman–Crippen LogP) is 13.9. The lowest BCUT2D eigenvalue weighted by Gasteiger charge is -2.35. The monoisotopic (exact) mass is 703 g/mol. The highest BCUT2D eigenvalue weighted by Crippen LogP contribution is 2.51. The number of fused-ring (bicyclic) bond motifs is 8. The molecule has 0 aliphatic carbocycles. The number of aromatic nitrogens is 3. The molecule has 1 aliphatic rings. The second-order valence-corrected chi connectivity index (χ2v) is 15.6. The zero-order valence-electron chi connectivity index (χ0n) is 31.0. The predicted molar refractivity (Wildman–Crippen MR) is 229 cm³/mol. The standard InChI is InChI=1S/C49H41N3S/c1-7-10-17-30(4)33-26-34(31(9-3)16-8-2)28-35(27-33)44-36-18-11-13-22-41(36)50-48(51-44)32-24-25-42-40(29-32)49(5,6)39-21-15-20-38-45(39)52(42)46-37-19-12-14-23-43(37)53-47(38)46/h7-29H,1-6H3/b10-7-,16-8-,30-17+,31-9+. The number of allylic oxidation sites excluding steroid dienone is 8. The number of hydrogen-bond acceptors (Lipinski definition) is 3. The first-order valence-electron chi connectivity index (χ1n) is 18.4. The maximum Gasteiger partial charge on any atom is 0.160 e. The first kappa shape index (κ1) is 33.0. The lowest BCUT2D eigenvalue weighted by molar-refractivity contribution is 0.630. The van der Waals surface area contributed by atoms with E-state index in [1.807, 2.05) is 11.3 Å². The summed E-state index contributed by atoms with van der Waals surface area (Å²) < 4.78 is 5.20. The second-order valence-electron chi connectivity index (χ2n) is 14.5. The van der Waals surface area contributed by atoms with Gasteiger partial charge in [-0.3, -0.25) is 0 Å². The first-order chi connectivity index (χ1) is 25.8. The lowest BCUT2D eigenvalue weighted by atomic mass is 9.74. The molecule has 0 fully saturated rings. The van der Waals surface area contributed by atoms with E-state index >= 15 is 0 Å². The molecule has 3 nitrogen and oxygen atoms in total. The van der Waals surface area contributed by atoms with Crippen LogP contribution in [0, 0.1) is 0 Å². The van der Waals surface area contributed by atoms with Gasteiger partial charge in [0.15, 0.2) is 5.82 Å². The molecule has 4 heterocycles. The van der Waals surface area contributed by atoms with Gasteiger partial charge < -0.3 is 4.57 Å². The molecule has 8 aromatic rings.